The van der Waals surface area contributed by atoms with E-state index >= 15 is 0 Å². The van der Waals surface area contributed by atoms with Gasteiger partial charge >= 0.3 is 6.18 Å². The summed E-state index contributed by atoms with van der Waals surface area (Å²) >= 11 is 5.87. The van der Waals surface area contributed by atoms with Crippen LogP contribution < -0.4 is 5.32 Å². The molecule has 1 aromatic carbocycles. The molecule has 0 unspecified atom stereocenters. The minimum Gasteiger partial charge on any atom is -0.314 e. The largest absolute Gasteiger partial charge is 0.416 e. The van der Waals surface area contributed by atoms with E-state index in [1.54, 1.807) is 6.07 Å². The second kappa shape index (κ2) is 7.68. The van der Waals surface area contributed by atoms with Gasteiger partial charge in [-0.1, -0.05) is 18.5 Å². The Kier molecular flexibility index (Phi) is 6.78. The number of alkyl halides is 3. The average Bonchev–Trinajstić information content (AvgIpc) is 2.39. The standard InChI is InChI=1S/C14H18ClF3N2.ClH/c1-2-13(20-5-3-19-4-6-20)10-7-11(14(16,17)18)9-12(15)8-10;/h7-9,13,19H,2-6H2,1H3;1H/t13-;/m1./s1. The van der Waals surface area contributed by atoms with Crippen molar-refractivity contribution in [3.8, 4) is 0 Å². The Morgan fingerprint density at radius 1 is 1.24 bits per heavy atom. The highest BCUT2D eigenvalue weighted by Crippen LogP contribution is 2.35. The van der Waals surface area contributed by atoms with E-state index in [1.165, 1.54) is 6.07 Å². The van der Waals surface area contributed by atoms with Crippen molar-refractivity contribution in [3.63, 3.8) is 0 Å². The Labute approximate surface area is 134 Å². The highest BCUT2D eigenvalue weighted by Gasteiger charge is 2.32. The van der Waals surface area contributed by atoms with Crippen molar-refractivity contribution in [2.45, 2.75) is 25.6 Å². The number of halogens is 5. The number of hydrogen-bond donors (Lipinski definition) is 1. The molecule has 0 radical (unpaired) electrons. The second-order valence-electron chi connectivity index (χ2n) is 4.98. The molecule has 120 valence electrons. The molecule has 0 aromatic heterocycles. The smallest absolute Gasteiger partial charge is 0.314 e. The third-order valence-corrected chi connectivity index (χ3v) is 3.83. The number of nitrogens with one attached hydrogen (secondary N) is 1. The average molecular weight is 343 g/mol. The summed E-state index contributed by atoms with van der Waals surface area (Å²) in [5.41, 5.74) is -0.0252. The highest BCUT2D eigenvalue weighted by molar-refractivity contribution is 6.30. The summed E-state index contributed by atoms with van der Waals surface area (Å²) in [6.45, 7) is 5.39. The second-order valence-corrected chi connectivity index (χ2v) is 5.42. The lowest BCUT2D eigenvalue weighted by Crippen LogP contribution is -2.45. The summed E-state index contributed by atoms with van der Waals surface area (Å²) in [6.07, 6.45) is -3.60. The van der Waals surface area contributed by atoms with Crippen LogP contribution in [0.2, 0.25) is 5.02 Å². The van der Waals surface area contributed by atoms with E-state index in [1.807, 2.05) is 6.92 Å². The van der Waals surface area contributed by atoms with Crippen molar-refractivity contribution >= 4 is 24.0 Å². The van der Waals surface area contributed by atoms with Crippen LogP contribution >= 0.6 is 24.0 Å². The van der Waals surface area contributed by atoms with Gasteiger partial charge in [-0.2, -0.15) is 13.2 Å². The Bertz CT molecular complexity index is 460. The van der Waals surface area contributed by atoms with Crippen LogP contribution in [0.15, 0.2) is 18.2 Å². The first kappa shape index (κ1) is 18.6. The number of hydrogen-bond acceptors (Lipinski definition) is 2. The van der Waals surface area contributed by atoms with Gasteiger partial charge in [-0.05, 0) is 30.2 Å². The molecule has 0 aliphatic carbocycles. The van der Waals surface area contributed by atoms with Crippen molar-refractivity contribution in [2.24, 2.45) is 0 Å². The van der Waals surface area contributed by atoms with E-state index in [0.29, 0.717) is 5.56 Å². The lowest BCUT2D eigenvalue weighted by atomic mass is 9.99. The molecule has 0 spiro atoms. The first-order valence-electron chi connectivity index (χ1n) is 6.74. The van der Waals surface area contributed by atoms with Gasteiger partial charge in [0.2, 0.25) is 0 Å². The quantitative estimate of drug-likeness (QED) is 0.888. The molecular weight excluding hydrogens is 324 g/mol. The van der Waals surface area contributed by atoms with Gasteiger partial charge in [-0.3, -0.25) is 4.90 Å². The van der Waals surface area contributed by atoms with Gasteiger partial charge in [0, 0.05) is 37.2 Å². The van der Waals surface area contributed by atoms with Gasteiger partial charge < -0.3 is 5.32 Å². The van der Waals surface area contributed by atoms with Crippen molar-refractivity contribution in [3.05, 3.63) is 34.3 Å². The molecular formula is C14H19Cl2F3N2. The summed E-state index contributed by atoms with van der Waals surface area (Å²) in [5.74, 6) is 0. The van der Waals surface area contributed by atoms with Crippen LogP contribution in [0.3, 0.4) is 0 Å². The molecule has 1 fully saturated rings. The SMILES string of the molecule is CC[C@H](c1cc(Cl)cc(C(F)(F)F)c1)N1CCNCC1.Cl. The third kappa shape index (κ3) is 4.74. The molecule has 0 saturated carbocycles. The van der Waals surface area contributed by atoms with Gasteiger partial charge in [0.1, 0.15) is 0 Å². The van der Waals surface area contributed by atoms with Crippen molar-refractivity contribution in [2.75, 3.05) is 26.2 Å². The first-order chi connectivity index (χ1) is 9.41. The van der Waals surface area contributed by atoms with Crippen LogP contribution in [0.4, 0.5) is 13.2 Å². The maximum atomic E-state index is 12.9. The predicted octanol–water partition coefficient (Wildman–Crippen LogP) is 4.14. The van der Waals surface area contributed by atoms with Gasteiger partial charge in [0.15, 0.2) is 0 Å². The topological polar surface area (TPSA) is 15.3 Å². The van der Waals surface area contributed by atoms with E-state index in [2.05, 4.69) is 10.2 Å². The van der Waals surface area contributed by atoms with Crippen LogP contribution in [0.25, 0.3) is 0 Å². The van der Waals surface area contributed by atoms with Crippen LogP contribution in [0.5, 0.6) is 0 Å². The molecule has 21 heavy (non-hydrogen) atoms. The van der Waals surface area contributed by atoms with Crippen LogP contribution in [-0.2, 0) is 6.18 Å². The summed E-state index contributed by atoms with van der Waals surface area (Å²) in [6, 6.07) is 3.84. The van der Waals surface area contributed by atoms with E-state index in [-0.39, 0.29) is 23.5 Å². The molecule has 1 aliphatic rings. The van der Waals surface area contributed by atoms with Crippen LogP contribution in [-0.4, -0.2) is 31.1 Å². The van der Waals surface area contributed by atoms with Crippen LogP contribution in [0.1, 0.15) is 30.5 Å². The molecule has 1 atom stereocenters. The van der Waals surface area contributed by atoms with Crippen molar-refractivity contribution in [1.29, 1.82) is 0 Å². The Morgan fingerprint density at radius 2 is 1.86 bits per heavy atom. The summed E-state index contributed by atoms with van der Waals surface area (Å²) in [7, 11) is 0. The molecule has 0 amide bonds. The highest BCUT2D eigenvalue weighted by atomic mass is 35.5. The molecule has 1 saturated heterocycles. The molecule has 1 heterocycles. The van der Waals surface area contributed by atoms with Gasteiger partial charge in [-0.15, -0.1) is 12.4 Å². The molecule has 1 N–H and O–H groups in total. The maximum absolute atomic E-state index is 12.9. The third-order valence-electron chi connectivity index (χ3n) is 3.61. The van der Waals surface area contributed by atoms with Crippen LogP contribution in [0, 0.1) is 0 Å². The Morgan fingerprint density at radius 3 is 2.38 bits per heavy atom. The van der Waals surface area contributed by atoms with E-state index in [0.717, 1.165) is 38.7 Å². The minimum absolute atomic E-state index is 0. The molecule has 2 nitrogen and oxygen atoms in total. The molecule has 7 heteroatoms. The monoisotopic (exact) mass is 342 g/mol. The van der Waals surface area contributed by atoms with Gasteiger partial charge in [0.25, 0.3) is 0 Å². The number of nitrogens with zero attached hydrogens (tertiary/aromatic N) is 1. The fourth-order valence-electron chi connectivity index (χ4n) is 2.67. The predicted molar refractivity (Wildman–Crippen MR) is 81.2 cm³/mol. The Balaban J connectivity index is 0.00000220. The fourth-order valence-corrected chi connectivity index (χ4v) is 2.91. The molecule has 0 bridgehead atoms. The lowest BCUT2D eigenvalue weighted by Gasteiger charge is -2.35. The van der Waals surface area contributed by atoms with E-state index in [9.17, 15) is 13.2 Å². The minimum atomic E-state index is -4.36. The molecule has 1 aliphatic heterocycles. The lowest BCUT2D eigenvalue weighted by molar-refractivity contribution is -0.137. The zero-order valence-electron chi connectivity index (χ0n) is 11.7. The normalized spacial score (nSPS) is 18.1. The number of rotatable bonds is 3. The maximum Gasteiger partial charge on any atom is 0.416 e. The number of piperazine rings is 1. The summed E-state index contributed by atoms with van der Waals surface area (Å²) in [4.78, 5) is 2.21. The summed E-state index contributed by atoms with van der Waals surface area (Å²) < 4.78 is 38.6. The van der Waals surface area contributed by atoms with E-state index in [4.69, 9.17) is 11.6 Å². The Hall–Kier alpha value is -0.490. The summed E-state index contributed by atoms with van der Waals surface area (Å²) in [5, 5.41) is 3.39. The fraction of sp³-hybridized carbons (Fsp3) is 0.571. The number of benzene rings is 1. The van der Waals surface area contributed by atoms with Gasteiger partial charge in [0.05, 0.1) is 5.56 Å². The molecule has 1 aromatic rings. The van der Waals surface area contributed by atoms with Crippen molar-refractivity contribution in [1.82, 2.24) is 10.2 Å². The van der Waals surface area contributed by atoms with E-state index < -0.39 is 11.7 Å². The zero-order chi connectivity index (χ0) is 14.8. The molecule has 2 rings (SSSR count). The first-order valence-corrected chi connectivity index (χ1v) is 7.12. The zero-order valence-corrected chi connectivity index (χ0v) is 13.3. The van der Waals surface area contributed by atoms with Crippen molar-refractivity contribution < 1.29 is 13.2 Å². The van der Waals surface area contributed by atoms with Gasteiger partial charge in [-0.25, -0.2) is 0 Å².